The molecule has 1 aromatic carbocycles. The van der Waals surface area contributed by atoms with E-state index < -0.39 is 17.6 Å². The third kappa shape index (κ3) is 2.70. The first-order chi connectivity index (χ1) is 13.6. The summed E-state index contributed by atoms with van der Waals surface area (Å²) in [6.45, 7) is 0.454. The Balaban J connectivity index is 1.40. The van der Waals surface area contributed by atoms with Crippen LogP contribution in [0.25, 0.3) is 11.0 Å². The van der Waals surface area contributed by atoms with Gasteiger partial charge in [-0.05, 0) is 30.9 Å². The van der Waals surface area contributed by atoms with E-state index >= 15 is 0 Å². The second-order valence-electron chi connectivity index (χ2n) is 8.12. The Bertz CT molecular complexity index is 992. The highest BCUT2D eigenvalue weighted by Crippen LogP contribution is 2.52. The number of nitrogen functional groups attached to an aromatic ring is 1. The minimum atomic E-state index is -0.883. The van der Waals surface area contributed by atoms with Crippen molar-refractivity contribution in [1.82, 2.24) is 14.5 Å². The van der Waals surface area contributed by atoms with E-state index in [4.69, 9.17) is 10.5 Å². The first-order valence-corrected chi connectivity index (χ1v) is 9.66. The van der Waals surface area contributed by atoms with Crippen LogP contribution in [0.2, 0.25) is 0 Å². The zero-order valence-corrected chi connectivity index (χ0v) is 15.5. The molecule has 0 amide bonds. The van der Waals surface area contributed by atoms with Gasteiger partial charge in [-0.1, -0.05) is 30.3 Å². The molecule has 1 saturated carbocycles. The number of ether oxygens (including phenoxy) is 1. The minimum Gasteiger partial charge on any atom is -0.390 e. The van der Waals surface area contributed by atoms with Gasteiger partial charge in [0.15, 0.2) is 0 Å². The summed E-state index contributed by atoms with van der Waals surface area (Å²) in [6.07, 6.45) is 3.79. The Morgan fingerprint density at radius 2 is 1.96 bits per heavy atom. The molecule has 3 heterocycles. The van der Waals surface area contributed by atoms with Gasteiger partial charge >= 0.3 is 0 Å². The Morgan fingerprint density at radius 3 is 2.79 bits per heavy atom. The number of aliphatic hydroxyl groups excluding tert-OH is 2. The molecule has 5 atom stereocenters. The lowest BCUT2D eigenvalue weighted by molar-refractivity contribution is -0.0308. The third-order valence-electron chi connectivity index (χ3n) is 6.41. The maximum Gasteiger partial charge on any atom is 0.145 e. The monoisotopic (exact) mass is 380 g/mol. The fourth-order valence-corrected chi connectivity index (χ4v) is 4.96. The van der Waals surface area contributed by atoms with Gasteiger partial charge in [-0.25, -0.2) is 9.97 Å². The maximum atomic E-state index is 10.9. The molecule has 1 aliphatic heterocycles. The summed E-state index contributed by atoms with van der Waals surface area (Å²) in [6, 6.07) is 11.8. The fraction of sp³-hybridized carbons (Fsp3) is 0.429. The number of aromatic nitrogens is 3. The molecule has 2 fully saturated rings. The van der Waals surface area contributed by atoms with Crippen molar-refractivity contribution in [2.45, 2.75) is 43.6 Å². The van der Waals surface area contributed by atoms with Gasteiger partial charge in [-0.2, -0.15) is 0 Å². The lowest BCUT2D eigenvalue weighted by atomic mass is 9.80. The van der Waals surface area contributed by atoms with Gasteiger partial charge in [-0.3, -0.25) is 0 Å². The molecule has 7 heteroatoms. The van der Waals surface area contributed by atoms with Crippen LogP contribution in [0.5, 0.6) is 0 Å². The summed E-state index contributed by atoms with van der Waals surface area (Å²) >= 11 is 0. The van der Waals surface area contributed by atoms with Crippen molar-refractivity contribution in [3.63, 3.8) is 0 Å². The minimum absolute atomic E-state index is 0.0439. The fourth-order valence-electron chi connectivity index (χ4n) is 4.96. The molecule has 3 aromatic rings. The van der Waals surface area contributed by atoms with Crippen molar-refractivity contribution in [2.24, 2.45) is 5.41 Å². The van der Waals surface area contributed by atoms with Crippen molar-refractivity contribution < 1.29 is 14.9 Å². The van der Waals surface area contributed by atoms with Crippen molar-refractivity contribution in [3.8, 4) is 0 Å². The smallest absolute Gasteiger partial charge is 0.145 e. The molecule has 146 valence electrons. The average Bonchev–Trinajstić information content (AvgIpc) is 3.37. The van der Waals surface area contributed by atoms with E-state index in [-0.39, 0.29) is 12.1 Å². The van der Waals surface area contributed by atoms with Crippen LogP contribution in [0.3, 0.4) is 0 Å². The van der Waals surface area contributed by atoms with Crippen LogP contribution < -0.4 is 5.73 Å². The largest absolute Gasteiger partial charge is 0.390 e. The Kier molecular flexibility index (Phi) is 4.12. The predicted molar refractivity (Wildman–Crippen MR) is 105 cm³/mol. The van der Waals surface area contributed by atoms with Crippen molar-refractivity contribution in [2.75, 3.05) is 12.3 Å². The van der Waals surface area contributed by atoms with Crippen molar-refractivity contribution >= 4 is 16.9 Å². The van der Waals surface area contributed by atoms with Crippen molar-refractivity contribution in [3.05, 3.63) is 54.5 Å². The molecular weight excluding hydrogens is 356 g/mol. The summed E-state index contributed by atoms with van der Waals surface area (Å²) in [7, 11) is 0. The average molecular weight is 380 g/mol. The Labute approximate surface area is 162 Å². The summed E-state index contributed by atoms with van der Waals surface area (Å²) in [5.74, 6) is 0.415. The van der Waals surface area contributed by atoms with E-state index in [1.54, 1.807) is 0 Å². The summed E-state index contributed by atoms with van der Waals surface area (Å²) in [5.41, 5.74) is 7.40. The number of aliphatic hydroxyl groups is 2. The first kappa shape index (κ1) is 17.6. The Hall–Kier alpha value is -2.48. The summed E-state index contributed by atoms with van der Waals surface area (Å²) < 4.78 is 7.98. The second kappa shape index (κ2) is 6.55. The quantitative estimate of drug-likeness (QED) is 0.639. The van der Waals surface area contributed by atoms with Crippen LogP contribution >= 0.6 is 0 Å². The first-order valence-electron chi connectivity index (χ1n) is 9.66. The lowest BCUT2D eigenvalue weighted by Crippen LogP contribution is -2.37. The van der Waals surface area contributed by atoms with Gasteiger partial charge in [0.1, 0.15) is 23.9 Å². The van der Waals surface area contributed by atoms with Crippen LogP contribution in [-0.2, 0) is 11.2 Å². The number of fused-ring (bicyclic) bond motifs is 1. The van der Waals surface area contributed by atoms with Crippen molar-refractivity contribution in [1.29, 1.82) is 0 Å². The van der Waals surface area contributed by atoms with E-state index in [0.717, 1.165) is 18.2 Å². The molecule has 0 radical (unpaired) electrons. The molecule has 1 saturated heterocycles. The van der Waals surface area contributed by atoms with Crippen LogP contribution in [0.1, 0.15) is 24.4 Å². The highest BCUT2D eigenvalue weighted by atomic mass is 16.5. The normalized spacial score (nSPS) is 32.5. The van der Waals surface area contributed by atoms with Crippen LogP contribution in [0.4, 0.5) is 5.82 Å². The molecule has 2 aromatic heterocycles. The van der Waals surface area contributed by atoms with Gasteiger partial charge in [-0.15, -0.1) is 0 Å². The topological polar surface area (TPSA) is 106 Å². The van der Waals surface area contributed by atoms with E-state index in [2.05, 4.69) is 22.1 Å². The van der Waals surface area contributed by atoms with Gasteiger partial charge < -0.3 is 25.3 Å². The maximum absolute atomic E-state index is 10.9. The second-order valence-corrected chi connectivity index (χ2v) is 8.12. The number of anilines is 1. The van der Waals surface area contributed by atoms with Crippen LogP contribution in [0, 0.1) is 5.41 Å². The molecule has 7 nitrogen and oxygen atoms in total. The highest BCUT2D eigenvalue weighted by Gasteiger charge is 2.57. The highest BCUT2D eigenvalue weighted by molar-refractivity contribution is 5.86. The molecule has 28 heavy (non-hydrogen) atoms. The van der Waals surface area contributed by atoms with Crippen LogP contribution in [-0.4, -0.2) is 49.7 Å². The SMILES string of the molecule is Nc1ncnc2c1ccn2[C@@H]1C[C@@]2(CO[C@@H](Cc3ccccc3)C2)[C@@H](O)[C@H]1O. The number of rotatable bonds is 3. The number of hydrogen-bond acceptors (Lipinski definition) is 6. The zero-order chi connectivity index (χ0) is 19.3. The standard InChI is InChI=1S/C21H24N4O3/c22-19-15-6-7-25(20(15)24-12-23-19)16-10-21(18(27)17(16)26)9-14(28-11-21)8-13-4-2-1-3-5-13/h1-7,12,14,16-18,26-27H,8-11H2,(H2,22,23,24)/t14-,16+,17-,18-,21-/m0/s1. The third-order valence-corrected chi connectivity index (χ3v) is 6.41. The van der Waals surface area contributed by atoms with E-state index in [9.17, 15) is 10.2 Å². The summed E-state index contributed by atoms with van der Waals surface area (Å²) in [4.78, 5) is 8.36. The Morgan fingerprint density at radius 1 is 1.14 bits per heavy atom. The predicted octanol–water partition coefficient (Wildman–Crippen LogP) is 1.70. The number of nitrogens with two attached hydrogens (primary N) is 1. The molecule has 0 bridgehead atoms. The lowest BCUT2D eigenvalue weighted by Gasteiger charge is -2.26. The summed E-state index contributed by atoms with van der Waals surface area (Å²) in [5, 5.41) is 22.5. The molecule has 4 N–H and O–H groups in total. The van der Waals surface area contributed by atoms with Gasteiger partial charge in [0.2, 0.25) is 0 Å². The van der Waals surface area contributed by atoms with Gasteiger partial charge in [0.05, 0.1) is 30.2 Å². The molecule has 0 unspecified atom stereocenters. The molecule has 1 spiro atoms. The van der Waals surface area contributed by atoms with Crippen LogP contribution in [0.15, 0.2) is 48.9 Å². The number of benzene rings is 1. The molecule has 1 aliphatic carbocycles. The molecular formula is C21H24N4O3. The molecule has 5 rings (SSSR count). The van der Waals surface area contributed by atoms with E-state index in [0.29, 0.717) is 24.5 Å². The van der Waals surface area contributed by atoms with E-state index in [1.807, 2.05) is 35.0 Å². The van der Waals surface area contributed by atoms with E-state index in [1.165, 1.54) is 11.9 Å². The molecule has 2 aliphatic rings. The van der Waals surface area contributed by atoms with Gasteiger partial charge in [0.25, 0.3) is 0 Å². The number of nitrogens with zero attached hydrogens (tertiary/aromatic N) is 3. The number of hydrogen-bond donors (Lipinski definition) is 3. The van der Waals surface area contributed by atoms with Gasteiger partial charge in [0, 0.05) is 11.6 Å². The zero-order valence-electron chi connectivity index (χ0n) is 15.5.